The molecule has 0 unspecified atom stereocenters. The Hall–Kier alpha value is -2.14. The lowest BCUT2D eigenvalue weighted by Gasteiger charge is -2.06. The first-order chi connectivity index (χ1) is 9.16. The molecule has 2 aromatic rings. The summed E-state index contributed by atoms with van der Waals surface area (Å²) in [6, 6.07) is 9.35. The first-order valence-corrected chi connectivity index (χ1v) is 6.23. The second kappa shape index (κ2) is 6.15. The van der Waals surface area contributed by atoms with Crippen molar-refractivity contribution in [3.8, 4) is 0 Å². The second-order valence-corrected chi connectivity index (χ2v) is 4.43. The van der Waals surface area contributed by atoms with Crippen molar-refractivity contribution in [3.63, 3.8) is 0 Å². The van der Waals surface area contributed by atoms with Gasteiger partial charge >= 0.3 is 0 Å². The van der Waals surface area contributed by atoms with Crippen LogP contribution < -0.4 is 11.1 Å². The van der Waals surface area contributed by atoms with E-state index in [1.165, 1.54) is 5.69 Å². The van der Waals surface area contributed by atoms with Gasteiger partial charge in [-0.1, -0.05) is 12.1 Å². The van der Waals surface area contributed by atoms with E-state index in [0.717, 1.165) is 25.1 Å². The van der Waals surface area contributed by atoms with Crippen molar-refractivity contribution in [2.45, 2.75) is 13.0 Å². The minimum absolute atomic E-state index is 0.393. The van der Waals surface area contributed by atoms with Gasteiger partial charge in [-0.3, -0.25) is 9.48 Å². The highest BCUT2D eigenvalue weighted by Crippen LogP contribution is 2.03. The van der Waals surface area contributed by atoms with E-state index in [2.05, 4.69) is 10.4 Å². The summed E-state index contributed by atoms with van der Waals surface area (Å²) in [5, 5.41) is 7.48. The number of hydrogen-bond donors (Lipinski definition) is 2. The first-order valence-electron chi connectivity index (χ1n) is 6.23. The van der Waals surface area contributed by atoms with Crippen LogP contribution in [0.2, 0.25) is 0 Å². The van der Waals surface area contributed by atoms with Crippen LogP contribution in [0, 0.1) is 0 Å². The SMILES string of the molecule is Cn1nccc1CCNCc1ccc(C(N)=O)cc1. The van der Waals surface area contributed by atoms with E-state index in [1.807, 2.05) is 29.9 Å². The Morgan fingerprint density at radius 2 is 2.05 bits per heavy atom. The van der Waals surface area contributed by atoms with Crippen molar-refractivity contribution in [3.05, 3.63) is 53.3 Å². The highest BCUT2D eigenvalue weighted by atomic mass is 16.1. The summed E-state index contributed by atoms with van der Waals surface area (Å²) in [6.45, 7) is 1.66. The summed E-state index contributed by atoms with van der Waals surface area (Å²) in [5.74, 6) is -0.393. The molecular weight excluding hydrogens is 240 g/mol. The molecule has 1 heterocycles. The van der Waals surface area contributed by atoms with Crippen LogP contribution in [0.5, 0.6) is 0 Å². The van der Waals surface area contributed by atoms with E-state index in [9.17, 15) is 4.79 Å². The van der Waals surface area contributed by atoms with Gasteiger partial charge in [0, 0.05) is 44.0 Å². The Balaban J connectivity index is 1.76. The molecule has 0 aliphatic rings. The van der Waals surface area contributed by atoms with E-state index in [1.54, 1.807) is 18.3 Å². The molecule has 0 fully saturated rings. The fourth-order valence-electron chi connectivity index (χ4n) is 1.88. The lowest BCUT2D eigenvalue weighted by Crippen LogP contribution is -2.18. The number of aryl methyl sites for hydroxylation is 1. The molecule has 1 aromatic heterocycles. The molecule has 0 aliphatic heterocycles. The number of hydrogen-bond acceptors (Lipinski definition) is 3. The van der Waals surface area contributed by atoms with Crippen molar-refractivity contribution in [1.82, 2.24) is 15.1 Å². The number of nitrogens with zero attached hydrogens (tertiary/aromatic N) is 2. The number of benzene rings is 1. The number of carbonyl (C=O) groups is 1. The van der Waals surface area contributed by atoms with Gasteiger partial charge < -0.3 is 11.1 Å². The average molecular weight is 258 g/mol. The summed E-state index contributed by atoms with van der Waals surface area (Å²) >= 11 is 0. The smallest absolute Gasteiger partial charge is 0.248 e. The van der Waals surface area contributed by atoms with E-state index in [4.69, 9.17) is 5.73 Å². The van der Waals surface area contributed by atoms with Crippen molar-refractivity contribution in [1.29, 1.82) is 0 Å². The number of primary amides is 1. The number of carbonyl (C=O) groups excluding carboxylic acids is 1. The van der Waals surface area contributed by atoms with Crippen LogP contribution in [0.1, 0.15) is 21.6 Å². The monoisotopic (exact) mass is 258 g/mol. The Morgan fingerprint density at radius 3 is 2.63 bits per heavy atom. The zero-order chi connectivity index (χ0) is 13.7. The summed E-state index contributed by atoms with van der Waals surface area (Å²) in [5.41, 5.74) is 8.07. The van der Waals surface area contributed by atoms with Gasteiger partial charge in [-0.05, 0) is 23.8 Å². The molecule has 5 heteroatoms. The fraction of sp³-hybridized carbons (Fsp3) is 0.286. The molecule has 5 nitrogen and oxygen atoms in total. The molecule has 0 aliphatic carbocycles. The van der Waals surface area contributed by atoms with Crippen LogP contribution in [0.4, 0.5) is 0 Å². The molecule has 0 spiro atoms. The zero-order valence-electron chi connectivity index (χ0n) is 11.0. The van der Waals surface area contributed by atoms with E-state index in [0.29, 0.717) is 5.56 Å². The zero-order valence-corrected chi connectivity index (χ0v) is 11.0. The van der Waals surface area contributed by atoms with Crippen molar-refractivity contribution >= 4 is 5.91 Å². The lowest BCUT2D eigenvalue weighted by atomic mass is 10.1. The molecule has 100 valence electrons. The molecule has 3 N–H and O–H groups in total. The molecule has 0 bridgehead atoms. The van der Waals surface area contributed by atoms with Gasteiger partial charge in [0.25, 0.3) is 0 Å². The molecule has 1 aromatic carbocycles. The maximum atomic E-state index is 10.9. The van der Waals surface area contributed by atoms with Gasteiger partial charge in [0.15, 0.2) is 0 Å². The van der Waals surface area contributed by atoms with Crippen molar-refractivity contribution in [2.75, 3.05) is 6.54 Å². The van der Waals surface area contributed by atoms with Crippen LogP contribution in [0.3, 0.4) is 0 Å². The maximum Gasteiger partial charge on any atom is 0.248 e. The number of aromatic nitrogens is 2. The molecule has 2 rings (SSSR count). The van der Waals surface area contributed by atoms with Gasteiger partial charge in [0.1, 0.15) is 0 Å². The van der Waals surface area contributed by atoms with Gasteiger partial charge in [0.05, 0.1) is 0 Å². The number of nitrogens with one attached hydrogen (secondary N) is 1. The van der Waals surface area contributed by atoms with Crippen LogP contribution in [-0.2, 0) is 20.0 Å². The third-order valence-electron chi connectivity index (χ3n) is 3.05. The molecule has 1 amide bonds. The Morgan fingerprint density at radius 1 is 1.32 bits per heavy atom. The Bertz CT molecular complexity index is 545. The summed E-state index contributed by atoms with van der Waals surface area (Å²) in [7, 11) is 1.94. The van der Waals surface area contributed by atoms with E-state index >= 15 is 0 Å². The predicted octanol–water partition coefficient (Wildman–Crippen LogP) is 0.851. The van der Waals surface area contributed by atoms with Crippen molar-refractivity contribution < 1.29 is 4.79 Å². The lowest BCUT2D eigenvalue weighted by molar-refractivity contribution is 0.100. The van der Waals surface area contributed by atoms with Crippen LogP contribution in [0.15, 0.2) is 36.5 Å². The normalized spacial score (nSPS) is 10.6. The Kier molecular flexibility index (Phi) is 4.30. The predicted molar refractivity (Wildman–Crippen MR) is 73.6 cm³/mol. The standard InChI is InChI=1S/C14H18N4O/c1-18-13(7-9-17-18)6-8-16-10-11-2-4-12(5-3-11)14(15)19/h2-5,7,9,16H,6,8,10H2,1H3,(H2,15,19). The third-order valence-corrected chi connectivity index (χ3v) is 3.05. The van der Waals surface area contributed by atoms with Gasteiger partial charge in [-0.2, -0.15) is 5.10 Å². The molecule has 19 heavy (non-hydrogen) atoms. The highest BCUT2D eigenvalue weighted by molar-refractivity contribution is 5.92. The van der Waals surface area contributed by atoms with Gasteiger partial charge in [-0.25, -0.2) is 0 Å². The number of rotatable bonds is 6. The molecular formula is C14H18N4O. The average Bonchev–Trinajstić information content (AvgIpc) is 2.81. The van der Waals surface area contributed by atoms with Crippen molar-refractivity contribution in [2.24, 2.45) is 12.8 Å². The highest BCUT2D eigenvalue weighted by Gasteiger charge is 2.00. The quantitative estimate of drug-likeness (QED) is 0.754. The number of amides is 1. The van der Waals surface area contributed by atoms with E-state index in [-0.39, 0.29) is 0 Å². The maximum absolute atomic E-state index is 10.9. The van der Waals surface area contributed by atoms with Crippen LogP contribution >= 0.6 is 0 Å². The Labute approximate surface area is 112 Å². The molecule has 0 radical (unpaired) electrons. The topological polar surface area (TPSA) is 72.9 Å². The number of nitrogens with two attached hydrogens (primary N) is 1. The minimum Gasteiger partial charge on any atom is -0.366 e. The fourth-order valence-corrected chi connectivity index (χ4v) is 1.88. The van der Waals surface area contributed by atoms with Crippen LogP contribution in [0.25, 0.3) is 0 Å². The first kappa shape index (κ1) is 13.3. The minimum atomic E-state index is -0.393. The third kappa shape index (κ3) is 3.66. The summed E-state index contributed by atoms with van der Waals surface area (Å²) in [4.78, 5) is 10.9. The molecule has 0 saturated carbocycles. The second-order valence-electron chi connectivity index (χ2n) is 4.43. The van der Waals surface area contributed by atoms with E-state index < -0.39 is 5.91 Å². The largest absolute Gasteiger partial charge is 0.366 e. The van der Waals surface area contributed by atoms with Gasteiger partial charge in [-0.15, -0.1) is 0 Å². The van der Waals surface area contributed by atoms with Crippen LogP contribution in [-0.4, -0.2) is 22.2 Å². The van der Waals surface area contributed by atoms with Gasteiger partial charge in [0.2, 0.25) is 5.91 Å². The molecule has 0 atom stereocenters. The summed E-state index contributed by atoms with van der Waals surface area (Å²) < 4.78 is 1.88. The summed E-state index contributed by atoms with van der Waals surface area (Å²) in [6.07, 6.45) is 2.74. The molecule has 0 saturated heterocycles.